The number of rotatable bonds is 2. The van der Waals surface area contributed by atoms with Crippen LogP contribution in [0.25, 0.3) is 0 Å². The molecule has 5 heteroatoms. The molecule has 0 atom stereocenters. The van der Waals surface area contributed by atoms with Crippen LogP contribution in [0, 0.1) is 5.92 Å². The fraction of sp³-hybridized carbons (Fsp3) is 0.533. The predicted molar refractivity (Wildman–Crippen MR) is 85.4 cm³/mol. The molecule has 2 heterocycles. The highest BCUT2D eigenvalue weighted by Gasteiger charge is 2.28. The third-order valence-electron chi connectivity index (χ3n) is 4.28. The quantitative estimate of drug-likeness (QED) is 0.898. The lowest BCUT2D eigenvalue weighted by Gasteiger charge is -2.38. The molecule has 2 aliphatic heterocycles. The maximum atomic E-state index is 12.2. The molecule has 1 amide bonds. The Hall–Kier alpha value is -1.07. The largest absolute Gasteiger partial charge is 0.360 e. The smallest absolute Gasteiger partial charge is 0.246 e. The maximum absolute atomic E-state index is 12.2. The van der Waals surface area contributed by atoms with E-state index in [9.17, 15) is 4.79 Å². The summed E-state index contributed by atoms with van der Waals surface area (Å²) in [4.78, 5) is 16.2. The zero-order valence-corrected chi connectivity index (χ0v) is 13.3. The van der Waals surface area contributed by atoms with Crippen LogP contribution in [-0.2, 0) is 4.79 Å². The van der Waals surface area contributed by atoms with E-state index in [1.807, 2.05) is 13.1 Å². The molecular weight excluding hydrogens is 318 g/mol. The number of halogens is 1. The lowest BCUT2D eigenvalue weighted by Crippen LogP contribution is -2.46. The van der Waals surface area contributed by atoms with Crippen LogP contribution in [0.1, 0.15) is 12.8 Å². The van der Waals surface area contributed by atoms with Gasteiger partial charge in [0.15, 0.2) is 0 Å². The second-order valence-corrected chi connectivity index (χ2v) is 6.58. The zero-order chi connectivity index (χ0) is 14.1. The van der Waals surface area contributed by atoms with Crippen LogP contribution >= 0.6 is 15.9 Å². The van der Waals surface area contributed by atoms with Crippen LogP contribution in [0.5, 0.6) is 0 Å². The minimum atomic E-state index is 0.171. The molecule has 0 aromatic heterocycles. The van der Waals surface area contributed by atoms with Gasteiger partial charge in [0.2, 0.25) is 5.91 Å². The van der Waals surface area contributed by atoms with Crippen LogP contribution in [0.15, 0.2) is 22.7 Å². The van der Waals surface area contributed by atoms with Gasteiger partial charge >= 0.3 is 0 Å². The van der Waals surface area contributed by atoms with Crippen molar-refractivity contribution in [3.63, 3.8) is 0 Å². The van der Waals surface area contributed by atoms with Crippen molar-refractivity contribution in [2.75, 3.05) is 43.0 Å². The molecule has 1 N–H and O–H groups in total. The van der Waals surface area contributed by atoms with Gasteiger partial charge in [-0.15, -0.1) is 0 Å². The molecule has 0 unspecified atom stereocenters. The molecule has 0 bridgehead atoms. The maximum Gasteiger partial charge on any atom is 0.246 e. The molecular formula is C15H20BrN3O. The van der Waals surface area contributed by atoms with E-state index >= 15 is 0 Å². The number of carbonyl (C=O) groups excluding carboxylic acids is 1. The van der Waals surface area contributed by atoms with Crippen molar-refractivity contribution >= 4 is 33.2 Å². The van der Waals surface area contributed by atoms with Crippen LogP contribution in [0.4, 0.5) is 11.4 Å². The molecule has 0 spiro atoms. The van der Waals surface area contributed by atoms with Crippen molar-refractivity contribution in [3.05, 3.63) is 22.7 Å². The molecule has 0 radical (unpaired) electrons. The van der Waals surface area contributed by atoms with E-state index < -0.39 is 0 Å². The highest BCUT2D eigenvalue weighted by molar-refractivity contribution is 9.10. The molecule has 20 heavy (non-hydrogen) atoms. The number of hydrogen-bond acceptors (Lipinski definition) is 3. The summed E-state index contributed by atoms with van der Waals surface area (Å²) in [5.41, 5.74) is 2.18. The average Bonchev–Trinajstić information content (AvgIpc) is 2.45. The fourth-order valence-corrected chi connectivity index (χ4v) is 3.41. The van der Waals surface area contributed by atoms with Crippen LogP contribution in [0.2, 0.25) is 0 Å². The minimum Gasteiger partial charge on any atom is -0.360 e. The Balaban J connectivity index is 1.85. The standard InChI is InChI=1S/C15H20BrN3O/c1-18-14-8-12(16)2-3-13(14)19(10-15(18)20)9-11-4-6-17-7-5-11/h2-3,8,11,17H,4-7,9-10H2,1H3. The summed E-state index contributed by atoms with van der Waals surface area (Å²) < 4.78 is 1.01. The molecule has 2 aliphatic rings. The summed E-state index contributed by atoms with van der Waals surface area (Å²) in [6, 6.07) is 6.20. The van der Waals surface area contributed by atoms with Crippen molar-refractivity contribution < 1.29 is 4.79 Å². The van der Waals surface area contributed by atoms with Gasteiger partial charge in [0.25, 0.3) is 0 Å². The number of likely N-dealkylation sites (N-methyl/N-ethyl adjacent to an activating group) is 1. The van der Waals surface area contributed by atoms with Gasteiger partial charge in [0.05, 0.1) is 17.9 Å². The van der Waals surface area contributed by atoms with E-state index in [-0.39, 0.29) is 5.91 Å². The number of nitrogens with one attached hydrogen (secondary N) is 1. The van der Waals surface area contributed by atoms with Gasteiger partial charge in [-0.3, -0.25) is 4.79 Å². The number of anilines is 2. The molecule has 1 aromatic carbocycles. The van der Waals surface area contributed by atoms with Crippen LogP contribution in [-0.4, -0.2) is 39.1 Å². The summed E-state index contributed by atoms with van der Waals surface area (Å²) >= 11 is 3.49. The van der Waals surface area contributed by atoms with E-state index in [2.05, 4.69) is 38.3 Å². The summed E-state index contributed by atoms with van der Waals surface area (Å²) in [6.45, 7) is 3.67. The number of nitrogens with zero attached hydrogens (tertiary/aromatic N) is 2. The minimum absolute atomic E-state index is 0.171. The van der Waals surface area contributed by atoms with E-state index in [1.165, 1.54) is 18.5 Å². The van der Waals surface area contributed by atoms with Gasteiger partial charge in [-0.05, 0) is 50.0 Å². The van der Waals surface area contributed by atoms with Crippen molar-refractivity contribution in [1.82, 2.24) is 5.32 Å². The lowest BCUT2D eigenvalue weighted by atomic mass is 9.96. The Morgan fingerprint density at radius 1 is 1.30 bits per heavy atom. The number of carbonyl (C=O) groups is 1. The molecule has 1 aromatic rings. The third kappa shape index (κ3) is 2.69. The highest BCUT2D eigenvalue weighted by atomic mass is 79.9. The molecule has 108 valence electrons. The fourth-order valence-electron chi connectivity index (χ4n) is 3.06. The summed E-state index contributed by atoms with van der Waals surface area (Å²) in [6.07, 6.45) is 2.40. The number of benzene rings is 1. The van der Waals surface area contributed by atoms with Gasteiger partial charge in [0.1, 0.15) is 0 Å². The number of piperidine rings is 1. The Kier molecular flexibility index (Phi) is 3.98. The number of fused-ring (bicyclic) bond motifs is 1. The second-order valence-electron chi connectivity index (χ2n) is 5.66. The average molecular weight is 338 g/mol. The first-order valence-corrected chi connectivity index (χ1v) is 7.96. The molecule has 4 nitrogen and oxygen atoms in total. The number of amides is 1. The van der Waals surface area contributed by atoms with E-state index in [0.29, 0.717) is 12.5 Å². The van der Waals surface area contributed by atoms with E-state index in [0.717, 1.165) is 29.8 Å². The predicted octanol–water partition coefficient (Wildman–Crippen LogP) is 2.23. The third-order valence-corrected chi connectivity index (χ3v) is 4.77. The second kappa shape index (κ2) is 5.74. The van der Waals surface area contributed by atoms with Crippen molar-refractivity contribution in [1.29, 1.82) is 0 Å². The Morgan fingerprint density at radius 2 is 2.05 bits per heavy atom. The molecule has 3 rings (SSSR count). The van der Waals surface area contributed by atoms with Gasteiger partial charge in [-0.1, -0.05) is 15.9 Å². The van der Waals surface area contributed by atoms with Gasteiger partial charge in [-0.2, -0.15) is 0 Å². The molecule has 0 aliphatic carbocycles. The van der Waals surface area contributed by atoms with Crippen molar-refractivity contribution in [3.8, 4) is 0 Å². The Bertz CT molecular complexity index is 514. The molecule has 1 fully saturated rings. The highest BCUT2D eigenvalue weighted by Crippen LogP contribution is 2.35. The van der Waals surface area contributed by atoms with E-state index in [1.54, 1.807) is 4.90 Å². The van der Waals surface area contributed by atoms with Gasteiger partial charge < -0.3 is 15.1 Å². The Morgan fingerprint density at radius 3 is 2.80 bits per heavy atom. The van der Waals surface area contributed by atoms with Gasteiger partial charge in [-0.25, -0.2) is 0 Å². The normalized spacial score (nSPS) is 20.2. The van der Waals surface area contributed by atoms with E-state index in [4.69, 9.17) is 0 Å². The number of hydrogen-bond donors (Lipinski definition) is 1. The lowest BCUT2D eigenvalue weighted by molar-refractivity contribution is -0.117. The summed E-state index contributed by atoms with van der Waals surface area (Å²) in [5.74, 6) is 0.855. The van der Waals surface area contributed by atoms with Crippen molar-refractivity contribution in [2.45, 2.75) is 12.8 Å². The summed E-state index contributed by atoms with van der Waals surface area (Å²) in [5, 5.41) is 3.39. The van der Waals surface area contributed by atoms with Crippen molar-refractivity contribution in [2.24, 2.45) is 5.92 Å². The SMILES string of the molecule is CN1C(=O)CN(CC2CCNCC2)c2ccc(Br)cc21. The summed E-state index contributed by atoms with van der Waals surface area (Å²) in [7, 11) is 1.86. The zero-order valence-electron chi connectivity index (χ0n) is 11.7. The van der Waals surface area contributed by atoms with Crippen LogP contribution < -0.4 is 15.1 Å². The molecule has 1 saturated heterocycles. The first kappa shape index (κ1) is 13.9. The topological polar surface area (TPSA) is 35.6 Å². The monoisotopic (exact) mass is 337 g/mol. The van der Waals surface area contributed by atoms with Gasteiger partial charge in [0, 0.05) is 18.1 Å². The van der Waals surface area contributed by atoms with Crippen LogP contribution in [0.3, 0.4) is 0 Å². The Labute approximate surface area is 128 Å². The molecule has 0 saturated carbocycles. The first-order valence-electron chi connectivity index (χ1n) is 7.17. The first-order chi connectivity index (χ1) is 9.65.